The van der Waals surface area contributed by atoms with Gasteiger partial charge in [0, 0.05) is 18.1 Å². The van der Waals surface area contributed by atoms with Gasteiger partial charge < -0.3 is 9.84 Å². The Morgan fingerprint density at radius 1 is 1.43 bits per heavy atom. The van der Waals surface area contributed by atoms with Gasteiger partial charge in [-0.3, -0.25) is 0 Å². The molecule has 2 nitrogen and oxygen atoms in total. The molecular formula is C10H12F2O2. The van der Waals surface area contributed by atoms with Crippen molar-refractivity contribution >= 4 is 0 Å². The molecule has 0 amide bonds. The summed E-state index contributed by atoms with van der Waals surface area (Å²) in [5.74, 6) is -2.37. The standard InChI is InChI=1S/C10H12F2O2/c1-6(5-13)7-3-4-8(11)9(12)10(7)14-2/h3-4,6,13H,5H2,1-2H3. The van der Waals surface area contributed by atoms with Crippen LogP contribution in [0.4, 0.5) is 8.78 Å². The van der Waals surface area contributed by atoms with Crippen molar-refractivity contribution in [3.05, 3.63) is 29.3 Å². The Morgan fingerprint density at radius 2 is 2.07 bits per heavy atom. The van der Waals surface area contributed by atoms with E-state index in [1.165, 1.54) is 13.2 Å². The molecule has 0 saturated heterocycles. The summed E-state index contributed by atoms with van der Waals surface area (Å²) in [5, 5.41) is 8.90. The molecule has 0 aliphatic rings. The van der Waals surface area contributed by atoms with Gasteiger partial charge >= 0.3 is 0 Å². The maximum absolute atomic E-state index is 13.2. The third-order valence-electron chi connectivity index (χ3n) is 2.09. The quantitative estimate of drug-likeness (QED) is 0.813. The lowest BCUT2D eigenvalue weighted by Gasteiger charge is -2.13. The van der Waals surface area contributed by atoms with Gasteiger partial charge in [0.25, 0.3) is 0 Å². The summed E-state index contributed by atoms with van der Waals surface area (Å²) < 4.78 is 30.7. The van der Waals surface area contributed by atoms with Gasteiger partial charge in [0.1, 0.15) is 0 Å². The minimum Gasteiger partial charge on any atom is -0.493 e. The molecule has 0 aromatic heterocycles. The molecule has 14 heavy (non-hydrogen) atoms. The van der Waals surface area contributed by atoms with E-state index in [1.54, 1.807) is 6.92 Å². The van der Waals surface area contributed by atoms with Gasteiger partial charge in [-0.05, 0) is 6.07 Å². The van der Waals surface area contributed by atoms with Gasteiger partial charge in [-0.2, -0.15) is 4.39 Å². The number of aliphatic hydroxyl groups excluding tert-OH is 1. The SMILES string of the molecule is COc1c(C(C)CO)ccc(F)c1F. The van der Waals surface area contributed by atoms with Crippen LogP contribution in [0.1, 0.15) is 18.4 Å². The number of aliphatic hydroxyl groups is 1. The Kier molecular flexibility index (Phi) is 3.41. The first-order chi connectivity index (χ1) is 6.61. The molecule has 78 valence electrons. The first kappa shape index (κ1) is 10.9. The third-order valence-corrected chi connectivity index (χ3v) is 2.09. The van der Waals surface area contributed by atoms with Crippen LogP contribution in [0.3, 0.4) is 0 Å². The topological polar surface area (TPSA) is 29.5 Å². The van der Waals surface area contributed by atoms with Crippen LogP contribution in [0.5, 0.6) is 5.75 Å². The molecule has 1 rings (SSSR count). The van der Waals surface area contributed by atoms with E-state index in [1.807, 2.05) is 0 Å². The average Bonchev–Trinajstić information content (AvgIpc) is 2.20. The van der Waals surface area contributed by atoms with Crippen LogP contribution in [0.2, 0.25) is 0 Å². The van der Waals surface area contributed by atoms with E-state index in [9.17, 15) is 8.78 Å². The summed E-state index contributed by atoms with van der Waals surface area (Å²) in [7, 11) is 1.27. The molecule has 1 aromatic carbocycles. The highest BCUT2D eigenvalue weighted by atomic mass is 19.2. The van der Waals surface area contributed by atoms with E-state index in [4.69, 9.17) is 9.84 Å². The smallest absolute Gasteiger partial charge is 0.200 e. The Balaban J connectivity index is 3.23. The van der Waals surface area contributed by atoms with E-state index in [2.05, 4.69) is 0 Å². The van der Waals surface area contributed by atoms with E-state index in [0.717, 1.165) is 6.07 Å². The van der Waals surface area contributed by atoms with Crippen LogP contribution in [0.25, 0.3) is 0 Å². The minimum atomic E-state index is -1.01. The zero-order valence-corrected chi connectivity index (χ0v) is 8.05. The summed E-state index contributed by atoms with van der Waals surface area (Å²) >= 11 is 0. The molecule has 0 aliphatic heterocycles. The van der Waals surface area contributed by atoms with Gasteiger partial charge in [-0.25, -0.2) is 4.39 Å². The van der Waals surface area contributed by atoms with Gasteiger partial charge in [-0.15, -0.1) is 0 Å². The Bertz CT molecular complexity index is 326. The van der Waals surface area contributed by atoms with Crippen molar-refractivity contribution in [2.24, 2.45) is 0 Å². The number of rotatable bonds is 3. The van der Waals surface area contributed by atoms with Crippen molar-refractivity contribution in [3.8, 4) is 5.75 Å². The molecule has 0 aliphatic carbocycles. The zero-order valence-electron chi connectivity index (χ0n) is 8.05. The van der Waals surface area contributed by atoms with Crippen molar-refractivity contribution in [2.75, 3.05) is 13.7 Å². The van der Waals surface area contributed by atoms with Crippen LogP contribution in [0.15, 0.2) is 12.1 Å². The minimum absolute atomic E-state index is 0.133. The van der Waals surface area contributed by atoms with Crippen molar-refractivity contribution in [1.29, 1.82) is 0 Å². The molecule has 0 radical (unpaired) electrons. The van der Waals surface area contributed by atoms with Crippen LogP contribution < -0.4 is 4.74 Å². The predicted octanol–water partition coefficient (Wildman–Crippen LogP) is 2.07. The van der Waals surface area contributed by atoms with Crippen LogP contribution >= 0.6 is 0 Å². The predicted molar refractivity (Wildman–Crippen MR) is 48.4 cm³/mol. The fourth-order valence-electron chi connectivity index (χ4n) is 1.24. The largest absolute Gasteiger partial charge is 0.493 e. The maximum Gasteiger partial charge on any atom is 0.200 e. The highest BCUT2D eigenvalue weighted by molar-refractivity contribution is 5.38. The van der Waals surface area contributed by atoms with Crippen molar-refractivity contribution in [1.82, 2.24) is 0 Å². The molecule has 0 saturated carbocycles. The molecule has 1 N–H and O–H groups in total. The fourth-order valence-corrected chi connectivity index (χ4v) is 1.24. The number of hydrogen-bond donors (Lipinski definition) is 1. The van der Waals surface area contributed by atoms with Crippen LogP contribution in [0, 0.1) is 11.6 Å². The Morgan fingerprint density at radius 3 is 2.57 bits per heavy atom. The Labute approximate surface area is 81.1 Å². The summed E-state index contributed by atoms with van der Waals surface area (Å²) in [6.07, 6.45) is 0. The highest BCUT2D eigenvalue weighted by Gasteiger charge is 2.17. The number of ether oxygens (including phenoxy) is 1. The highest BCUT2D eigenvalue weighted by Crippen LogP contribution is 2.30. The lowest BCUT2D eigenvalue weighted by Crippen LogP contribution is -2.04. The van der Waals surface area contributed by atoms with Crippen molar-refractivity contribution in [3.63, 3.8) is 0 Å². The second kappa shape index (κ2) is 4.37. The molecule has 0 spiro atoms. The van der Waals surface area contributed by atoms with Crippen molar-refractivity contribution in [2.45, 2.75) is 12.8 Å². The average molecular weight is 202 g/mol. The number of methoxy groups -OCH3 is 1. The van der Waals surface area contributed by atoms with E-state index >= 15 is 0 Å². The molecule has 0 fully saturated rings. The summed E-state index contributed by atoms with van der Waals surface area (Å²) in [6, 6.07) is 2.44. The first-order valence-electron chi connectivity index (χ1n) is 4.24. The normalized spacial score (nSPS) is 12.6. The van der Waals surface area contributed by atoms with E-state index < -0.39 is 11.6 Å². The molecule has 0 heterocycles. The zero-order chi connectivity index (χ0) is 10.7. The monoisotopic (exact) mass is 202 g/mol. The molecule has 0 bridgehead atoms. The van der Waals surface area contributed by atoms with Crippen LogP contribution in [-0.4, -0.2) is 18.8 Å². The Hall–Kier alpha value is -1.16. The maximum atomic E-state index is 13.2. The van der Waals surface area contributed by atoms with Crippen molar-refractivity contribution < 1.29 is 18.6 Å². The second-order valence-corrected chi connectivity index (χ2v) is 3.07. The molecule has 1 atom stereocenters. The number of halogens is 2. The van der Waals surface area contributed by atoms with E-state index in [0.29, 0.717) is 5.56 Å². The van der Waals surface area contributed by atoms with Gasteiger partial charge in [0.15, 0.2) is 11.6 Å². The third kappa shape index (κ3) is 1.85. The molecule has 1 aromatic rings. The molecule has 4 heteroatoms. The fraction of sp³-hybridized carbons (Fsp3) is 0.400. The van der Waals surface area contributed by atoms with Gasteiger partial charge in [-0.1, -0.05) is 13.0 Å². The summed E-state index contributed by atoms with van der Waals surface area (Å²) in [5.41, 5.74) is 0.467. The number of hydrogen-bond acceptors (Lipinski definition) is 2. The first-order valence-corrected chi connectivity index (χ1v) is 4.24. The second-order valence-electron chi connectivity index (χ2n) is 3.07. The van der Waals surface area contributed by atoms with Crippen LogP contribution in [-0.2, 0) is 0 Å². The summed E-state index contributed by atoms with van der Waals surface area (Å²) in [6.45, 7) is 1.57. The summed E-state index contributed by atoms with van der Waals surface area (Å²) in [4.78, 5) is 0. The lowest BCUT2D eigenvalue weighted by molar-refractivity contribution is 0.268. The number of benzene rings is 1. The van der Waals surface area contributed by atoms with E-state index in [-0.39, 0.29) is 18.3 Å². The van der Waals surface area contributed by atoms with Gasteiger partial charge in [0.05, 0.1) is 7.11 Å². The van der Waals surface area contributed by atoms with Gasteiger partial charge in [0.2, 0.25) is 5.82 Å². The lowest BCUT2D eigenvalue weighted by atomic mass is 10.0. The molecule has 1 unspecified atom stereocenters. The molecular weight excluding hydrogens is 190 g/mol.